The molecule has 3 rings (SSSR count). The van der Waals surface area contributed by atoms with Crippen LogP contribution >= 0.6 is 0 Å². The molecule has 1 nitrogen and oxygen atoms in total. The van der Waals surface area contributed by atoms with Crippen LogP contribution in [0.2, 0.25) is 0 Å². The fraction of sp³-hybridized carbons (Fsp3) is 0.400. The van der Waals surface area contributed by atoms with E-state index >= 15 is 0 Å². The van der Waals surface area contributed by atoms with Crippen LogP contribution in [0.15, 0.2) is 42.5 Å². The number of aryl methyl sites for hydroxylation is 2. The Balaban J connectivity index is 1.72. The van der Waals surface area contributed by atoms with E-state index in [2.05, 4.69) is 56.3 Å². The molecular formula is C20H24O. The molecule has 0 heterocycles. The zero-order chi connectivity index (χ0) is 14.8. The third-order valence-electron chi connectivity index (χ3n) is 4.82. The molecule has 0 saturated heterocycles. The molecule has 1 unspecified atom stereocenters. The third kappa shape index (κ3) is 3.19. The third-order valence-corrected chi connectivity index (χ3v) is 4.82. The summed E-state index contributed by atoms with van der Waals surface area (Å²) in [5.41, 5.74) is 6.21. The van der Waals surface area contributed by atoms with Gasteiger partial charge in [-0.2, -0.15) is 0 Å². The Labute approximate surface area is 127 Å². The number of aliphatic hydroxyl groups excluding tert-OH is 1. The highest BCUT2D eigenvalue weighted by molar-refractivity contribution is 5.33. The summed E-state index contributed by atoms with van der Waals surface area (Å²) in [7, 11) is 0. The predicted octanol–water partition coefficient (Wildman–Crippen LogP) is 4.85. The lowest BCUT2D eigenvalue weighted by Crippen LogP contribution is -2.09. The van der Waals surface area contributed by atoms with Crippen molar-refractivity contribution in [1.29, 1.82) is 0 Å². The maximum Gasteiger partial charge on any atom is 0.0830 e. The zero-order valence-corrected chi connectivity index (χ0v) is 13.0. The molecule has 1 heteroatoms. The molecule has 1 atom stereocenters. The first-order valence-corrected chi connectivity index (χ1v) is 7.97. The minimum atomic E-state index is -0.416. The summed E-state index contributed by atoms with van der Waals surface area (Å²) in [6.07, 6.45) is 4.29. The molecular weight excluding hydrogens is 256 g/mol. The van der Waals surface area contributed by atoms with Crippen LogP contribution in [0.1, 0.15) is 59.1 Å². The Morgan fingerprint density at radius 3 is 2.38 bits per heavy atom. The first-order chi connectivity index (χ1) is 10.1. The first-order valence-electron chi connectivity index (χ1n) is 7.97. The second kappa shape index (κ2) is 6.03. The van der Waals surface area contributed by atoms with Crippen molar-refractivity contribution in [3.05, 3.63) is 70.3 Å². The van der Waals surface area contributed by atoms with E-state index in [0.717, 1.165) is 11.5 Å². The van der Waals surface area contributed by atoms with Gasteiger partial charge in [0.05, 0.1) is 6.10 Å². The van der Waals surface area contributed by atoms with Gasteiger partial charge in [-0.05, 0) is 54.9 Å². The molecule has 0 aromatic heterocycles. The number of hydrogen-bond donors (Lipinski definition) is 1. The molecule has 2 aromatic rings. The van der Waals surface area contributed by atoms with Crippen LogP contribution in [0.4, 0.5) is 0 Å². The molecule has 1 N–H and O–H groups in total. The Kier molecular flexibility index (Phi) is 4.12. The Morgan fingerprint density at radius 2 is 1.76 bits per heavy atom. The van der Waals surface area contributed by atoms with Crippen LogP contribution in [-0.2, 0) is 6.42 Å². The van der Waals surface area contributed by atoms with E-state index in [0.29, 0.717) is 6.42 Å². The lowest BCUT2D eigenvalue weighted by Gasteiger charge is -2.26. The summed E-state index contributed by atoms with van der Waals surface area (Å²) in [4.78, 5) is 0. The summed E-state index contributed by atoms with van der Waals surface area (Å²) >= 11 is 0. The lowest BCUT2D eigenvalue weighted by atomic mass is 9.80. The molecule has 0 amide bonds. The monoisotopic (exact) mass is 280 g/mol. The zero-order valence-electron chi connectivity index (χ0n) is 13.0. The van der Waals surface area contributed by atoms with E-state index < -0.39 is 6.10 Å². The minimum absolute atomic E-state index is 0.416. The van der Waals surface area contributed by atoms with Gasteiger partial charge in [0.15, 0.2) is 0 Å². The molecule has 2 aromatic carbocycles. The van der Waals surface area contributed by atoms with Crippen molar-refractivity contribution >= 4 is 0 Å². The van der Waals surface area contributed by atoms with Gasteiger partial charge in [0.1, 0.15) is 0 Å². The van der Waals surface area contributed by atoms with Gasteiger partial charge in [-0.3, -0.25) is 0 Å². The number of rotatable bonds is 4. The van der Waals surface area contributed by atoms with Crippen LogP contribution in [0.25, 0.3) is 0 Å². The normalized spacial score (nSPS) is 16.5. The van der Waals surface area contributed by atoms with E-state index in [4.69, 9.17) is 0 Å². The van der Waals surface area contributed by atoms with Crippen molar-refractivity contribution in [2.45, 2.75) is 51.6 Å². The predicted molar refractivity (Wildman–Crippen MR) is 87.6 cm³/mol. The lowest BCUT2D eigenvalue weighted by molar-refractivity contribution is 0.178. The van der Waals surface area contributed by atoms with Crippen LogP contribution in [0, 0.1) is 13.8 Å². The van der Waals surface area contributed by atoms with E-state index in [9.17, 15) is 5.11 Å². The molecule has 0 bridgehead atoms. The summed E-state index contributed by atoms with van der Waals surface area (Å²) in [6.45, 7) is 4.21. The molecule has 21 heavy (non-hydrogen) atoms. The van der Waals surface area contributed by atoms with Crippen molar-refractivity contribution in [3.63, 3.8) is 0 Å². The highest BCUT2D eigenvalue weighted by Gasteiger charge is 2.19. The largest absolute Gasteiger partial charge is 0.388 e. The van der Waals surface area contributed by atoms with Crippen molar-refractivity contribution in [3.8, 4) is 0 Å². The van der Waals surface area contributed by atoms with Crippen LogP contribution in [0.5, 0.6) is 0 Å². The average molecular weight is 280 g/mol. The van der Waals surface area contributed by atoms with E-state index in [1.165, 1.54) is 41.5 Å². The van der Waals surface area contributed by atoms with Crippen LogP contribution < -0.4 is 0 Å². The van der Waals surface area contributed by atoms with E-state index in [1.54, 1.807) is 0 Å². The highest BCUT2D eigenvalue weighted by atomic mass is 16.3. The molecule has 0 radical (unpaired) electrons. The van der Waals surface area contributed by atoms with Gasteiger partial charge in [0.2, 0.25) is 0 Å². The summed E-state index contributed by atoms with van der Waals surface area (Å²) < 4.78 is 0. The van der Waals surface area contributed by atoms with Gasteiger partial charge in [-0.25, -0.2) is 0 Å². The summed E-state index contributed by atoms with van der Waals surface area (Å²) in [5.74, 6) is 0.759. The van der Waals surface area contributed by atoms with Crippen LogP contribution in [-0.4, -0.2) is 5.11 Å². The van der Waals surface area contributed by atoms with Gasteiger partial charge >= 0.3 is 0 Å². The molecule has 1 aliphatic rings. The first kappa shape index (κ1) is 14.3. The number of hydrogen-bond acceptors (Lipinski definition) is 1. The van der Waals surface area contributed by atoms with E-state index in [1.807, 2.05) is 0 Å². The SMILES string of the molecule is Cc1ccc(C)c(CC(O)c2ccc(C3CCC3)cc2)c1. The second-order valence-electron chi connectivity index (χ2n) is 6.44. The van der Waals surface area contributed by atoms with Gasteiger partial charge in [0, 0.05) is 6.42 Å². The summed E-state index contributed by atoms with van der Waals surface area (Å²) in [6, 6.07) is 15.0. The fourth-order valence-corrected chi connectivity index (χ4v) is 3.08. The Hall–Kier alpha value is -1.60. The molecule has 1 aliphatic carbocycles. The minimum Gasteiger partial charge on any atom is -0.388 e. The molecule has 0 spiro atoms. The van der Waals surface area contributed by atoms with Gasteiger partial charge in [-0.1, -0.05) is 54.4 Å². The maximum absolute atomic E-state index is 10.5. The van der Waals surface area contributed by atoms with Crippen molar-refractivity contribution in [2.24, 2.45) is 0 Å². The molecule has 110 valence electrons. The molecule has 0 aliphatic heterocycles. The van der Waals surface area contributed by atoms with Crippen molar-refractivity contribution < 1.29 is 5.11 Å². The summed E-state index contributed by atoms with van der Waals surface area (Å²) in [5, 5.41) is 10.5. The number of benzene rings is 2. The molecule has 1 saturated carbocycles. The standard InChI is InChI=1S/C20H24O/c1-14-6-7-15(2)19(12-14)13-20(21)18-10-8-17(9-11-18)16-4-3-5-16/h6-12,16,20-21H,3-5,13H2,1-2H3. The fourth-order valence-electron chi connectivity index (χ4n) is 3.08. The van der Waals surface area contributed by atoms with Gasteiger partial charge in [0.25, 0.3) is 0 Å². The van der Waals surface area contributed by atoms with Gasteiger partial charge < -0.3 is 5.11 Å². The average Bonchev–Trinajstić information content (AvgIpc) is 2.42. The Bertz CT molecular complexity index is 608. The maximum atomic E-state index is 10.5. The van der Waals surface area contributed by atoms with Crippen molar-refractivity contribution in [1.82, 2.24) is 0 Å². The van der Waals surface area contributed by atoms with Crippen LogP contribution in [0.3, 0.4) is 0 Å². The van der Waals surface area contributed by atoms with Gasteiger partial charge in [-0.15, -0.1) is 0 Å². The quantitative estimate of drug-likeness (QED) is 0.849. The highest BCUT2D eigenvalue weighted by Crippen LogP contribution is 2.36. The second-order valence-corrected chi connectivity index (χ2v) is 6.44. The smallest absolute Gasteiger partial charge is 0.0830 e. The Morgan fingerprint density at radius 1 is 1.05 bits per heavy atom. The topological polar surface area (TPSA) is 20.2 Å². The molecule has 1 fully saturated rings. The van der Waals surface area contributed by atoms with Crippen molar-refractivity contribution in [2.75, 3.05) is 0 Å². The number of aliphatic hydroxyl groups is 1. The van der Waals surface area contributed by atoms with E-state index in [-0.39, 0.29) is 0 Å².